The van der Waals surface area contributed by atoms with Crippen LogP contribution in [0.25, 0.3) is 0 Å². The molecule has 0 aliphatic carbocycles. The van der Waals surface area contributed by atoms with Gasteiger partial charge < -0.3 is 4.74 Å². The lowest BCUT2D eigenvalue weighted by Crippen LogP contribution is -2.23. The van der Waals surface area contributed by atoms with Gasteiger partial charge in [-0.3, -0.25) is 9.48 Å². The largest absolute Gasteiger partial charge is 0.370 e. The van der Waals surface area contributed by atoms with Crippen LogP contribution >= 0.6 is 11.6 Å². The number of ether oxygens (including phenoxy) is 1. The summed E-state index contributed by atoms with van der Waals surface area (Å²) in [6.07, 6.45) is 3.84. The first-order valence-electron chi connectivity index (χ1n) is 5.61. The van der Waals surface area contributed by atoms with E-state index in [1.807, 2.05) is 6.92 Å². The lowest BCUT2D eigenvalue weighted by molar-refractivity contribution is 0.0632. The quantitative estimate of drug-likeness (QED) is 0.761. The summed E-state index contributed by atoms with van der Waals surface area (Å²) in [6.45, 7) is 3.41. The van der Waals surface area contributed by atoms with Crippen LogP contribution in [0.4, 0.5) is 0 Å². The van der Waals surface area contributed by atoms with Crippen LogP contribution in [0.1, 0.15) is 36.7 Å². The number of carbonyl (C=O) groups excluding carboxylic acids is 1. The minimum absolute atomic E-state index is 0.0338. The summed E-state index contributed by atoms with van der Waals surface area (Å²) in [5, 5.41) is 4.53. The highest BCUT2D eigenvalue weighted by atomic mass is 35.5. The van der Waals surface area contributed by atoms with Crippen LogP contribution in [0.5, 0.6) is 0 Å². The van der Waals surface area contributed by atoms with Gasteiger partial charge in [-0.1, -0.05) is 18.5 Å². The monoisotopic (exact) mass is 242 g/mol. The van der Waals surface area contributed by atoms with Crippen LogP contribution in [-0.2, 0) is 11.3 Å². The van der Waals surface area contributed by atoms with Gasteiger partial charge in [0.2, 0.25) is 5.78 Å². The minimum atomic E-state index is -0.329. The number of aryl methyl sites for hydroxylation is 1. The molecule has 1 aromatic heterocycles. The van der Waals surface area contributed by atoms with Crippen LogP contribution < -0.4 is 0 Å². The lowest BCUT2D eigenvalue weighted by Gasteiger charge is -2.10. The van der Waals surface area contributed by atoms with E-state index in [-0.39, 0.29) is 11.9 Å². The highest BCUT2D eigenvalue weighted by Crippen LogP contribution is 2.22. The Balaban J connectivity index is 2.23. The van der Waals surface area contributed by atoms with Gasteiger partial charge in [-0.2, -0.15) is 5.10 Å². The summed E-state index contributed by atoms with van der Waals surface area (Å²) in [4.78, 5) is 12.2. The molecule has 0 radical (unpaired) electrons. The van der Waals surface area contributed by atoms with Crippen molar-refractivity contribution in [1.82, 2.24) is 9.78 Å². The van der Waals surface area contributed by atoms with Gasteiger partial charge in [0.15, 0.2) is 0 Å². The van der Waals surface area contributed by atoms with Crippen LogP contribution in [0, 0.1) is 0 Å². The maximum Gasteiger partial charge on any atom is 0.211 e. The molecular formula is C11H15ClN2O2. The highest BCUT2D eigenvalue weighted by molar-refractivity contribution is 6.33. The summed E-state index contributed by atoms with van der Waals surface area (Å²) in [7, 11) is 0. The van der Waals surface area contributed by atoms with Gasteiger partial charge in [-0.25, -0.2) is 0 Å². The molecule has 0 spiro atoms. The molecule has 4 nitrogen and oxygen atoms in total. The molecule has 1 fully saturated rings. The van der Waals surface area contributed by atoms with Crippen molar-refractivity contribution in [2.45, 2.75) is 38.8 Å². The summed E-state index contributed by atoms with van der Waals surface area (Å²) < 4.78 is 7.05. The van der Waals surface area contributed by atoms with Gasteiger partial charge in [-0.15, -0.1) is 0 Å². The van der Waals surface area contributed by atoms with Crippen LogP contribution in [-0.4, -0.2) is 28.3 Å². The fraction of sp³-hybridized carbons (Fsp3) is 0.636. The van der Waals surface area contributed by atoms with Crippen molar-refractivity contribution in [3.63, 3.8) is 0 Å². The van der Waals surface area contributed by atoms with Gasteiger partial charge >= 0.3 is 0 Å². The van der Waals surface area contributed by atoms with E-state index in [0.717, 1.165) is 19.3 Å². The van der Waals surface area contributed by atoms with Crippen molar-refractivity contribution in [3.8, 4) is 0 Å². The van der Waals surface area contributed by atoms with E-state index in [2.05, 4.69) is 5.10 Å². The molecule has 16 heavy (non-hydrogen) atoms. The second-order valence-corrected chi connectivity index (χ2v) is 4.34. The lowest BCUT2D eigenvalue weighted by atomic mass is 10.1. The van der Waals surface area contributed by atoms with Crippen molar-refractivity contribution in [1.29, 1.82) is 0 Å². The zero-order chi connectivity index (χ0) is 11.5. The zero-order valence-corrected chi connectivity index (χ0v) is 10.0. The summed E-state index contributed by atoms with van der Waals surface area (Å²) in [5.41, 5.74) is 0.496. The molecule has 0 N–H and O–H groups in total. The molecule has 1 atom stereocenters. The maximum absolute atomic E-state index is 12.2. The predicted molar refractivity (Wildman–Crippen MR) is 60.8 cm³/mol. The third-order valence-corrected chi connectivity index (χ3v) is 2.96. The van der Waals surface area contributed by atoms with E-state index >= 15 is 0 Å². The van der Waals surface area contributed by atoms with E-state index in [9.17, 15) is 4.79 Å². The molecule has 0 aromatic carbocycles. The van der Waals surface area contributed by atoms with Crippen LogP contribution in [0.15, 0.2) is 6.20 Å². The smallest absolute Gasteiger partial charge is 0.211 e. The van der Waals surface area contributed by atoms with Crippen LogP contribution in [0.3, 0.4) is 0 Å². The van der Waals surface area contributed by atoms with E-state index in [4.69, 9.17) is 16.3 Å². The van der Waals surface area contributed by atoms with Crippen molar-refractivity contribution in [2.24, 2.45) is 0 Å². The normalized spacial score (nSPS) is 20.2. The first-order valence-corrected chi connectivity index (χ1v) is 5.99. The van der Waals surface area contributed by atoms with Crippen molar-refractivity contribution in [3.05, 3.63) is 16.9 Å². The number of hydrogen-bond donors (Lipinski definition) is 0. The fourth-order valence-corrected chi connectivity index (χ4v) is 2.16. The second kappa shape index (κ2) is 4.97. The summed E-state index contributed by atoms with van der Waals surface area (Å²) >= 11 is 5.99. The molecule has 0 amide bonds. The zero-order valence-electron chi connectivity index (χ0n) is 9.28. The van der Waals surface area contributed by atoms with Gasteiger partial charge in [0.25, 0.3) is 0 Å². The Morgan fingerprint density at radius 3 is 3.19 bits per heavy atom. The maximum atomic E-state index is 12.2. The van der Waals surface area contributed by atoms with Crippen molar-refractivity contribution >= 4 is 17.4 Å². The topological polar surface area (TPSA) is 44.1 Å². The molecule has 0 bridgehead atoms. The van der Waals surface area contributed by atoms with Crippen LogP contribution in [0.2, 0.25) is 5.02 Å². The Morgan fingerprint density at radius 2 is 2.56 bits per heavy atom. The Bertz CT molecular complexity index is 383. The Morgan fingerprint density at radius 1 is 1.75 bits per heavy atom. The Kier molecular flexibility index (Phi) is 3.61. The number of carbonyl (C=O) groups is 1. The van der Waals surface area contributed by atoms with E-state index in [1.54, 1.807) is 4.68 Å². The van der Waals surface area contributed by atoms with Gasteiger partial charge in [-0.05, 0) is 19.3 Å². The number of aromatic nitrogens is 2. The van der Waals surface area contributed by atoms with E-state index < -0.39 is 0 Å². The van der Waals surface area contributed by atoms with Gasteiger partial charge in [0.1, 0.15) is 11.8 Å². The Hall–Kier alpha value is -0.870. The molecule has 0 saturated carbocycles. The average Bonchev–Trinajstić information content (AvgIpc) is 2.88. The Labute approximate surface area is 99.5 Å². The first kappa shape index (κ1) is 11.6. The summed E-state index contributed by atoms with van der Waals surface area (Å²) in [6, 6.07) is 0. The molecule has 5 heteroatoms. The molecule has 1 aliphatic rings. The molecule has 2 rings (SSSR count). The van der Waals surface area contributed by atoms with Gasteiger partial charge in [0.05, 0.1) is 11.2 Å². The van der Waals surface area contributed by atoms with Crippen molar-refractivity contribution in [2.75, 3.05) is 6.61 Å². The number of nitrogens with zero attached hydrogens (tertiary/aromatic N) is 2. The third-order valence-electron chi connectivity index (χ3n) is 2.69. The molecule has 88 valence electrons. The summed E-state index contributed by atoms with van der Waals surface area (Å²) in [5.74, 6) is -0.0338. The number of ketones is 1. The standard InChI is InChI=1S/C11H15ClN2O2/c1-2-5-14-10(8(12)7-13-14)11(15)9-4-3-6-16-9/h7,9H,2-6H2,1H3. The number of Topliss-reactive ketones (excluding diaryl/α,β-unsaturated/α-hetero) is 1. The molecule has 2 heterocycles. The highest BCUT2D eigenvalue weighted by Gasteiger charge is 2.29. The third kappa shape index (κ3) is 2.13. The molecule has 1 saturated heterocycles. The molecular weight excluding hydrogens is 228 g/mol. The fourth-order valence-electron chi connectivity index (χ4n) is 1.93. The second-order valence-electron chi connectivity index (χ2n) is 3.93. The first-order chi connectivity index (χ1) is 7.74. The van der Waals surface area contributed by atoms with E-state index in [1.165, 1.54) is 6.20 Å². The number of hydrogen-bond acceptors (Lipinski definition) is 3. The minimum Gasteiger partial charge on any atom is -0.370 e. The molecule has 1 aromatic rings. The average molecular weight is 243 g/mol. The number of rotatable bonds is 4. The molecule has 1 unspecified atom stereocenters. The molecule has 1 aliphatic heterocycles. The van der Waals surface area contributed by atoms with Crippen molar-refractivity contribution < 1.29 is 9.53 Å². The SMILES string of the molecule is CCCn1ncc(Cl)c1C(=O)C1CCCO1. The van der Waals surface area contributed by atoms with Gasteiger partial charge in [0, 0.05) is 13.2 Å². The predicted octanol–water partition coefficient (Wildman–Crippen LogP) is 2.31. The number of halogens is 1. The van der Waals surface area contributed by atoms with E-state index in [0.29, 0.717) is 23.9 Å².